The highest BCUT2D eigenvalue weighted by molar-refractivity contribution is 6.37. The molecule has 0 saturated heterocycles. The van der Waals surface area contributed by atoms with Crippen LogP contribution in [0.5, 0.6) is 11.5 Å². The standard InChI is InChI=1S/C26H22Cl3N3O3/c27-21-7-2-1-5-18(21)16-35-20-6-3-4-17(12-20)15-32(10-11-33)25-9-8-24(30-31-25)19-13-22(28)26(34)23(29)14-19/h1-9,12-14,33-34H,10-11,15-16H2. The van der Waals surface area contributed by atoms with Crippen molar-refractivity contribution in [2.75, 3.05) is 18.1 Å². The SMILES string of the molecule is OCCN(Cc1cccc(OCc2ccccc2Cl)c1)c1ccc(-c2cc(Cl)c(O)c(Cl)c2)nn1. The van der Waals surface area contributed by atoms with E-state index in [4.69, 9.17) is 39.5 Å². The van der Waals surface area contributed by atoms with Crippen molar-refractivity contribution in [2.45, 2.75) is 13.2 Å². The number of phenols is 1. The zero-order valence-electron chi connectivity index (χ0n) is 18.5. The highest BCUT2D eigenvalue weighted by Crippen LogP contribution is 2.36. The average molecular weight is 531 g/mol. The Morgan fingerprint density at radius 2 is 1.60 bits per heavy atom. The maximum Gasteiger partial charge on any atom is 0.152 e. The zero-order valence-corrected chi connectivity index (χ0v) is 20.8. The Hall–Kier alpha value is -3.03. The van der Waals surface area contributed by atoms with Gasteiger partial charge >= 0.3 is 0 Å². The third-order valence-corrected chi connectivity index (χ3v) is 6.23. The first-order valence-electron chi connectivity index (χ1n) is 10.8. The van der Waals surface area contributed by atoms with Crippen molar-refractivity contribution in [2.24, 2.45) is 0 Å². The maximum absolute atomic E-state index is 9.77. The fraction of sp³-hybridized carbons (Fsp3) is 0.154. The molecule has 0 amide bonds. The Bertz CT molecular complexity index is 1280. The molecule has 0 spiro atoms. The second kappa shape index (κ2) is 11.6. The van der Waals surface area contributed by atoms with Crippen molar-refractivity contribution in [3.05, 3.63) is 99.0 Å². The van der Waals surface area contributed by atoms with E-state index < -0.39 is 0 Å². The summed E-state index contributed by atoms with van der Waals surface area (Å²) < 4.78 is 5.93. The largest absolute Gasteiger partial charge is 0.505 e. The van der Waals surface area contributed by atoms with E-state index in [1.165, 1.54) is 0 Å². The van der Waals surface area contributed by atoms with Crippen molar-refractivity contribution in [3.8, 4) is 22.8 Å². The molecule has 0 saturated carbocycles. The van der Waals surface area contributed by atoms with Crippen LogP contribution in [0.15, 0.2) is 72.8 Å². The van der Waals surface area contributed by atoms with Crippen LogP contribution in [0, 0.1) is 0 Å². The van der Waals surface area contributed by atoms with Crippen LogP contribution in [0.25, 0.3) is 11.3 Å². The molecule has 4 rings (SSSR count). The van der Waals surface area contributed by atoms with Crippen LogP contribution in [-0.2, 0) is 13.2 Å². The van der Waals surface area contributed by atoms with E-state index in [1.54, 1.807) is 18.2 Å². The van der Waals surface area contributed by atoms with Crippen molar-refractivity contribution in [1.82, 2.24) is 10.2 Å². The summed E-state index contributed by atoms with van der Waals surface area (Å²) in [5.41, 5.74) is 3.08. The molecule has 0 radical (unpaired) electrons. The smallest absolute Gasteiger partial charge is 0.152 e. The molecular formula is C26H22Cl3N3O3. The molecule has 0 bridgehead atoms. The Morgan fingerprint density at radius 1 is 0.829 bits per heavy atom. The van der Waals surface area contributed by atoms with Crippen LogP contribution >= 0.6 is 34.8 Å². The van der Waals surface area contributed by atoms with Gasteiger partial charge in [-0.1, -0.05) is 65.1 Å². The zero-order chi connectivity index (χ0) is 24.8. The Labute approximate surface area is 218 Å². The lowest BCUT2D eigenvalue weighted by Crippen LogP contribution is -2.27. The third kappa shape index (κ3) is 6.35. The minimum Gasteiger partial charge on any atom is -0.505 e. The molecule has 180 valence electrons. The summed E-state index contributed by atoms with van der Waals surface area (Å²) in [7, 11) is 0. The number of phenolic OH excluding ortho intramolecular Hbond substituents is 1. The molecule has 4 aromatic rings. The van der Waals surface area contributed by atoms with Gasteiger partial charge in [0.1, 0.15) is 12.4 Å². The van der Waals surface area contributed by atoms with E-state index in [-0.39, 0.29) is 22.4 Å². The Kier molecular flexibility index (Phi) is 8.31. The second-order valence-corrected chi connectivity index (χ2v) is 8.96. The quantitative estimate of drug-likeness (QED) is 0.261. The molecule has 0 aliphatic carbocycles. The molecule has 1 aromatic heterocycles. The van der Waals surface area contributed by atoms with Crippen LogP contribution < -0.4 is 9.64 Å². The fourth-order valence-electron chi connectivity index (χ4n) is 3.49. The third-order valence-electron chi connectivity index (χ3n) is 5.28. The number of aromatic hydroxyl groups is 1. The predicted molar refractivity (Wildman–Crippen MR) is 140 cm³/mol. The fourth-order valence-corrected chi connectivity index (χ4v) is 4.16. The number of aliphatic hydroxyl groups is 1. The monoisotopic (exact) mass is 529 g/mol. The van der Waals surface area contributed by atoms with Crippen LogP contribution in [0.1, 0.15) is 11.1 Å². The topological polar surface area (TPSA) is 78.7 Å². The summed E-state index contributed by atoms with van der Waals surface area (Å²) in [5.74, 6) is 1.14. The van der Waals surface area contributed by atoms with Gasteiger partial charge in [0, 0.05) is 29.2 Å². The molecule has 35 heavy (non-hydrogen) atoms. The number of aromatic nitrogens is 2. The van der Waals surface area contributed by atoms with E-state index >= 15 is 0 Å². The van der Waals surface area contributed by atoms with E-state index in [0.717, 1.165) is 11.1 Å². The van der Waals surface area contributed by atoms with Gasteiger partial charge in [0.25, 0.3) is 0 Å². The van der Waals surface area contributed by atoms with Gasteiger partial charge in [-0.15, -0.1) is 10.2 Å². The Balaban J connectivity index is 1.48. The van der Waals surface area contributed by atoms with E-state index in [2.05, 4.69) is 10.2 Å². The molecular weight excluding hydrogens is 509 g/mol. The minimum absolute atomic E-state index is 0.0463. The number of anilines is 1. The van der Waals surface area contributed by atoms with Crippen molar-refractivity contribution >= 4 is 40.6 Å². The number of rotatable bonds is 9. The summed E-state index contributed by atoms with van der Waals surface area (Å²) in [5, 5.41) is 28.9. The number of nitrogens with zero attached hydrogens (tertiary/aromatic N) is 3. The number of aliphatic hydroxyl groups excluding tert-OH is 1. The number of benzene rings is 3. The first-order chi connectivity index (χ1) is 16.9. The molecule has 0 atom stereocenters. The summed E-state index contributed by atoms with van der Waals surface area (Å²) >= 11 is 18.3. The molecule has 2 N–H and O–H groups in total. The normalized spacial score (nSPS) is 10.9. The van der Waals surface area contributed by atoms with Gasteiger partial charge in [0.2, 0.25) is 0 Å². The molecule has 6 nitrogen and oxygen atoms in total. The van der Waals surface area contributed by atoms with Crippen LogP contribution in [0.2, 0.25) is 15.1 Å². The van der Waals surface area contributed by atoms with E-state index in [0.29, 0.717) is 47.5 Å². The minimum atomic E-state index is -0.172. The highest BCUT2D eigenvalue weighted by Gasteiger charge is 2.13. The van der Waals surface area contributed by atoms with Crippen LogP contribution in [-0.4, -0.2) is 33.6 Å². The van der Waals surface area contributed by atoms with Gasteiger partial charge in [0.05, 0.1) is 22.3 Å². The van der Waals surface area contributed by atoms with Gasteiger partial charge in [0.15, 0.2) is 11.6 Å². The molecule has 0 unspecified atom stereocenters. The molecule has 1 heterocycles. The maximum atomic E-state index is 9.77. The summed E-state index contributed by atoms with van der Waals surface area (Å²) in [6.45, 7) is 1.18. The molecule has 0 aliphatic rings. The summed E-state index contributed by atoms with van der Waals surface area (Å²) in [6, 6.07) is 22.0. The number of hydrogen-bond acceptors (Lipinski definition) is 6. The summed E-state index contributed by atoms with van der Waals surface area (Å²) in [6.07, 6.45) is 0. The summed E-state index contributed by atoms with van der Waals surface area (Å²) in [4.78, 5) is 1.92. The van der Waals surface area contributed by atoms with Gasteiger partial charge in [-0.05, 0) is 48.0 Å². The van der Waals surface area contributed by atoms with Crippen LogP contribution in [0.4, 0.5) is 5.82 Å². The van der Waals surface area contributed by atoms with Crippen LogP contribution in [0.3, 0.4) is 0 Å². The molecule has 9 heteroatoms. The van der Waals surface area contributed by atoms with Crippen molar-refractivity contribution in [3.63, 3.8) is 0 Å². The van der Waals surface area contributed by atoms with Gasteiger partial charge < -0.3 is 19.8 Å². The van der Waals surface area contributed by atoms with Crippen molar-refractivity contribution in [1.29, 1.82) is 0 Å². The lowest BCUT2D eigenvalue weighted by Gasteiger charge is -2.23. The highest BCUT2D eigenvalue weighted by atomic mass is 35.5. The van der Waals surface area contributed by atoms with Crippen molar-refractivity contribution < 1.29 is 14.9 Å². The average Bonchev–Trinajstić information content (AvgIpc) is 2.87. The molecule has 0 fully saturated rings. The van der Waals surface area contributed by atoms with E-state index in [1.807, 2.05) is 59.5 Å². The first kappa shape index (κ1) is 25.1. The first-order valence-corrected chi connectivity index (χ1v) is 11.9. The predicted octanol–water partition coefficient (Wildman–Crippen LogP) is 6.39. The second-order valence-electron chi connectivity index (χ2n) is 7.74. The van der Waals surface area contributed by atoms with Gasteiger partial charge in [-0.3, -0.25) is 0 Å². The Morgan fingerprint density at radius 3 is 2.29 bits per heavy atom. The van der Waals surface area contributed by atoms with Gasteiger partial charge in [-0.2, -0.15) is 0 Å². The number of hydrogen-bond donors (Lipinski definition) is 2. The number of ether oxygens (including phenoxy) is 1. The lowest BCUT2D eigenvalue weighted by atomic mass is 10.1. The molecule has 3 aromatic carbocycles. The van der Waals surface area contributed by atoms with Gasteiger partial charge in [-0.25, -0.2) is 0 Å². The lowest BCUT2D eigenvalue weighted by molar-refractivity contribution is 0.300. The van der Waals surface area contributed by atoms with E-state index in [9.17, 15) is 10.2 Å². The number of halogens is 3. The molecule has 0 aliphatic heterocycles.